The molecule has 0 unspecified atom stereocenters. The lowest BCUT2D eigenvalue weighted by Crippen LogP contribution is -2.27. The minimum absolute atomic E-state index is 0.108. The molecule has 2 aromatic heterocycles. The number of benzene rings is 3. The second-order valence-electron chi connectivity index (χ2n) is 8.30. The molecule has 5 nitrogen and oxygen atoms in total. The van der Waals surface area contributed by atoms with Crippen LogP contribution in [-0.2, 0) is 6.54 Å². The van der Waals surface area contributed by atoms with E-state index in [0.717, 1.165) is 52.6 Å². The maximum atomic E-state index is 13.1. The molecule has 0 bridgehead atoms. The predicted molar refractivity (Wildman–Crippen MR) is 140 cm³/mol. The van der Waals surface area contributed by atoms with E-state index in [1.54, 1.807) is 11.3 Å². The number of thiazole rings is 1. The first-order chi connectivity index (χ1) is 16.1. The van der Waals surface area contributed by atoms with Crippen LogP contribution in [0.15, 0.2) is 60.7 Å². The maximum absolute atomic E-state index is 13.1. The highest BCUT2D eigenvalue weighted by atomic mass is 32.1. The van der Waals surface area contributed by atoms with E-state index < -0.39 is 0 Å². The number of rotatable bonds is 7. The van der Waals surface area contributed by atoms with Crippen LogP contribution >= 0.6 is 11.3 Å². The Morgan fingerprint density at radius 2 is 1.79 bits per heavy atom. The van der Waals surface area contributed by atoms with Gasteiger partial charge in [0.05, 0.1) is 15.2 Å². The topological polar surface area (TPSA) is 50.2 Å². The van der Waals surface area contributed by atoms with Crippen molar-refractivity contribution in [3.63, 3.8) is 0 Å². The van der Waals surface area contributed by atoms with E-state index in [2.05, 4.69) is 63.9 Å². The van der Waals surface area contributed by atoms with Crippen LogP contribution in [0.1, 0.15) is 29.2 Å². The summed E-state index contributed by atoms with van der Waals surface area (Å²) in [6.07, 6.45) is 0. The van der Waals surface area contributed by atoms with Crippen molar-refractivity contribution in [2.24, 2.45) is 0 Å². The lowest BCUT2D eigenvalue weighted by Gasteiger charge is -2.19. The van der Waals surface area contributed by atoms with Gasteiger partial charge in [0.2, 0.25) is 0 Å². The molecule has 5 aromatic rings. The van der Waals surface area contributed by atoms with Gasteiger partial charge in [-0.2, -0.15) is 0 Å². The van der Waals surface area contributed by atoms with Crippen molar-refractivity contribution in [2.45, 2.75) is 27.3 Å². The number of amides is 1. The summed E-state index contributed by atoms with van der Waals surface area (Å²) < 4.78 is 3.48. The normalized spacial score (nSPS) is 11.8. The molecule has 1 amide bonds. The molecule has 0 fully saturated rings. The molecule has 0 atom stereocenters. The van der Waals surface area contributed by atoms with E-state index in [9.17, 15) is 4.79 Å². The molecule has 0 saturated carbocycles. The SMILES string of the molecule is CCN(CC)CCn1c2ccccc2c2ccc(C(=O)Nc3ccc4sc(C)nc4c3)cc21. The Morgan fingerprint density at radius 3 is 2.61 bits per heavy atom. The molecule has 168 valence electrons. The van der Waals surface area contributed by atoms with Gasteiger partial charge in [-0.25, -0.2) is 4.98 Å². The Kier molecular flexibility index (Phi) is 5.87. The Balaban J connectivity index is 1.49. The van der Waals surface area contributed by atoms with E-state index in [1.807, 2.05) is 37.3 Å². The second-order valence-corrected chi connectivity index (χ2v) is 9.53. The molecule has 0 aliphatic rings. The van der Waals surface area contributed by atoms with Crippen LogP contribution in [0.3, 0.4) is 0 Å². The van der Waals surface area contributed by atoms with Crippen molar-refractivity contribution >= 4 is 55.0 Å². The number of para-hydroxylation sites is 1. The summed E-state index contributed by atoms with van der Waals surface area (Å²) in [5, 5.41) is 6.49. The summed E-state index contributed by atoms with van der Waals surface area (Å²) in [7, 11) is 0. The van der Waals surface area contributed by atoms with E-state index >= 15 is 0 Å². The number of hydrogen-bond donors (Lipinski definition) is 1. The fraction of sp³-hybridized carbons (Fsp3) is 0.259. The molecule has 0 radical (unpaired) electrons. The summed E-state index contributed by atoms with van der Waals surface area (Å²) in [5.74, 6) is -0.108. The van der Waals surface area contributed by atoms with Gasteiger partial charge in [0.25, 0.3) is 5.91 Å². The number of nitrogens with one attached hydrogen (secondary N) is 1. The van der Waals surface area contributed by atoms with Crippen LogP contribution < -0.4 is 5.32 Å². The molecular weight excluding hydrogens is 428 g/mol. The smallest absolute Gasteiger partial charge is 0.255 e. The Morgan fingerprint density at radius 1 is 1.00 bits per heavy atom. The van der Waals surface area contributed by atoms with Gasteiger partial charge >= 0.3 is 0 Å². The van der Waals surface area contributed by atoms with Crippen LogP contribution in [-0.4, -0.2) is 40.0 Å². The molecule has 33 heavy (non-hydrogen) atoms. The van der Waals surface area contributed by atoms with E-state index in [-0.39, 0.29) is 5.91 Å². The molecule has 0 aliphatic heterocycles. The first-order valence-corrected chi connectivity index (χ1v) is 12.3. The Bertz CT molecular complexity index is 1460. The maximum Gasteiger partial charge on any atom is 0.255 e. The summed E-state index contributed by atoms with van der Waals surface area (Å²) >= 11 is 1.66. The van der Waals surface area contributed by atoms with Crippen LogP contribution in [0, 0.1) is 6.92 Å². The van der Waals surface area contributed by atoms with E-state index in [0.29, 0.717) is 5.56 Å². The van der Waals surface area contributed by atoms with Gasteiger partial charge in [0.1, 0.15) is 0 Å². The van der Waals surface area contributed by atoms with E-state index in [4.69, 9.17) is 0 Å². The Hall–Kier alpha value is -3.22. The number of anilines is 1. The third-order valence-electron chi connectivity index (χ3n) is 6.32. The highest BCUT2D eigenvalue weighted by Gasteiger charge is 2.15. The molecule has 0 spiro atoms. The van der Waals surface area contributed by atoms with Gasteiger partial charge in [0, 0.05) is 46.1 Å². The third-order valence-corrected chi connectivity index (χ3v) is 7.27. The number of likely N-dealkylation sites (N-methyl/N-ethyl adjacent to an activating group) is 1. The highest BCUT2D eigenvalue weighted by Crippen LogP contribution is 2.30. The van der Waals surface area contributed by atoms with Crippen LogP contribution in [0.25, 0.3) is 32.0 Å². The summed E-state index contributed by atoms with van der Waals surface area (Å²) in [5.41, 5.74) is 4.65. The Labute approximate surface area is 197 Å². The van der Waals surface area contributed by atoms with Crippen molar-refractivity contribution in [1.29, 1.82) is 0 Å². The summed E-state index contributed by atoms with van der Waals surface area (Å²) in [6.45, 7) is 10.3. The van der Waals surface area contributed by atoms with Gasteiger partial charge in [0.15, 0.2) is 0 Å². The average molecular weight is 457 g/mol. The molecular formula is C27H28N4OS. The van der Waals surface area contributed by atoms with Crippen molar-refractivity contribution < 1.29 is 4.79 Å². The number of carbonyl (C=O) groups is 1. The van der Waals surface area contributed by atoms with Gasteiger partial charge in [-0.3, -0.25) is 4.79 Å². The molecule has 3 aromatic carbocycles. The van der Waals surface area contributed by atoms with Crippen LogP contribution in [0.2, 0.25) is 0 Å². The molecule has 1 N–H and O–H groups in total. The van der Waals surface area contributed by atoms with Crippen molar-refractivity contribution in [3.8, 4) is 0 Å². The number of hydrogen-bond acceptors (Lipinski definition) is 4. The van der Waals surface area contributed by atoms with Crippen LogP contribution in [0.4, 0.5) is 5.69 Å². The largest absolute Gasteiger partial charge is 0.339 e. The first kappa shape index (κ1) is 21.6. The zero-order chi connectivity index (χ0) is 22.9. The number of nitrogens with zero attached hydrogens (tertiary/aromatic N) is 3. The molecule has 0 saturated heterocycles. The summed E-state index contributed by atoms with van der Waals surface area (Å²) in [6, 6.07) is 20.4. The molecule has 0 aliphatic carbocycles. The number of fused-ring (bicyclic) bond motifs is 4. The lowest BCUT2D eigenvalue weighted by atomic mass is 10.1. The lowest BCUT2D eigenvalue weighted by molar-refractivity contribution is 0.102. The monoisotopic (exact) mass is 456 g/mol. The first-order valence-electron chi connectivity index (χ1n) is 11.5. The van der Waals surface area contributed by atoms with Crippen LogP contribution in [0.5, 0.6) is 0 Å². The highest BCUT2D eigenvalue weighted by molar-refractivity contribution is 7.18. The molecule has 6 heteroatoms. The van der Waals surface area contributed by atoms with E-state index in [1.165, 1.54) is 16.3 Å². The summed E-state index contributed by atoms with van der Waals surface area (Å²) in [4.78, 5) is 20.1. The number of carbonyl (C=O) groups excluding carboxylic acids is 1. The third kappa shape index (κ3) is 4.12. The molecule has 2 heterocycles. The fourth-order valence-corrected chi connectivity index (χ4v) is 5.34. The predicted octanol–water partition coefficient (Wildman–Crippen LogP) is 6.31. The average Bonchev–Trinajstić information content (AvgIpc) is 3.36. The van der Waals surface area contributed by atoms with Gasteiger partial charge < -0.3 is 14.8 Å². The number of aryl methyl sites for hydroxylation is 1. The number of aromatic nitrogens is 2. The molecule has 5 rings (SSSR count). The minimum Gasteiger partial charge on any atom is -0.339 e. The van der Waals surface area contributed by atoms with Crippen molar-refractivity contribution in [2.75, 3.05) is 25.0 Å². The standard InChI is InChI=1S/C27H28N4OS/c1-4-30(5-2)14-15-31-24-9-7-6-8-21(24)22-12-10-19(16-25(22)31)27(32)29-20-11-13-26-23(17-20)28-18(3)33-26/h6-13,16-17H,4-5,14-15H2,1-3H3,(H,29,32). The zero-order valence-corrected chi connectivity index (χ0v) is 20.1. The van der Waals surface area contributed by atoms with Crippen molar-refractivity contribution in [1.82, 2.24) is 14.5 Å². The second kappa shape index (κ2) is 8.96. The van der Waals surface area contributed by atoms with Gasteiger partial charge in [-0.1, -0.05) is 38.1 Å². The zero-order valence-electron chi connectivity index (χ0n) is 19.3. The van der Waals surface area contributed by atoms with Gasteiger partial charge in [-0.05, 0) is 56.4 Å². The minimum atomic E-state index is -0.108. The van der Waals surface area contributed by atoms with Crippen molar-refractivity contribution in [3.05, 3.63) is 71.2 Å². The fourth-order valence-electron chi connectivity index (χ4n) is 4.54. The van der Waals surface area contributed by atoms with Gasteiger partial charge in [-0.15, -0.1) is 11.3 Å². The quantitative estimate of drug-likeness (QED) is 0.312.